The zero-order valence-electron chi connectivity index (χ0n) is 26.6. The summed E-state index contributed by atoms with van der Waals surface area (Å²) >= 11 is 0. The Morgan fingerprint density at radius 1 is 0.795 bits per heavy atom. The van der Waals surface area contributed by atoms with E-state index >= 15 is 0 Å². The van der Waals surface area contributed by atoms with Crippen LogP contribution in [0, 0.1) is 5.92 Å². The first-order chi connectivity index (χ1) is 20.9. The van der Waals surface area contributed by atoms with E-state index in [1.807, 2.05) is 80.6 Å². The zero-order chi connectivity index (χ0) is 32.3. The van der Waals surface area contributed by atoms with E-state index in [2.05, 4.69) is 21.3 Å². The maximum atomic E-state index is 13.6. The van der Waals surface area contributed by atoms with E-state index in [9.17, 15) is 19.2 Å². The smallest absolute Gasteiger partial charge is 0.323 e. The first kappa shape index (κ1) is 34.3. The molecule has 44 heavy (non-hydrogen) atoms. The van der Waals surface area contributed by atoms with Crippen molar-refractivity contribution in [1.82, 2.24) is 21.3 Å². The van der Waals surface area contributed by atoms with Gasteiger partial charge in [0.2, 0.25) is 11.8 Å². The SMILES string of the molecule is CNC(=O)[C@H](Cc1ccccc1)NC(=O)[C@H](CC(C)C)N[C@H](CCNC(=O)c1ccc2ccccc2c1)C(=O)OC(C)(C)C. The quantitative estimate of drug-likeness (QED) is 0.206. The van der Waals surface area contributed by atoms with Crippen LogP contribution in [0.3, 0.4) is 0 Å². The summed E-state index contributed by atoms with van der Waals surface area (Å²) in [5.74, 6) is -1.38. The monoisotopic (exact) mass is 602 g/mol. The number of likely N-dealkylation sites (N-methyl/N-ethyl adjacent to an activating group) is 1. The molecule has 0 unspecified atom stereocenters. The van der Waals surface area contributed by atoms with Gasteiger partial charge in [-0.3, -0.25) is 24.5 Å². The molecule has 3 amide bonds. The van der Waals surface area contributed by atoms with Gasteiger partial charge in [0.1, 0.15) is 17.7 Å². The highest BCUT2D eigenvalue weighted by molar-refractivity contribution is 5.98. The van der Waals surface area contributed by atoms with Crippen LogP contribution in [-0.2, 0) is 25.5 Å². The molecule has 3 aromatic rings. The highest BCUT2D eigenvalue weighted by atomic mass is 16.6. The van der Waals surface area contributed by atoms with Gasteiger partial charge >= 0.3 is 5.97 Å². The molecule has 236 valence electrons. The molecular weight excluding hydrogens is 556 g/mol. The molecule has 4 N–H and O–H groups in total. The first-order valence-corrected chi connectivity index (χ1v) is 15.2. The summed E-state index contributed by atoms with van der Waals surface area (Å²) in [5, 5.41) is 13.6. The van der Waals surface area contributed by atoms with Crippen LogP contribution >= 0.6 is 0 Å². The molecule has 9 heteroatoms. The minimum Gasteiger partial charge on any atom is -0.459 e. The normalized spacial score (nSPS) is 13.5. The lowest BCUT2D eigenvalue weighted by atomic mass is 9.99. The maximum Gasteiger partial charge on any atom is 0.323 e. The molecule has 0 aliphatic carbocycles. The van der Waals surface area contributed by atoms with E-state index in [0.29, 0.717) is 18.4 Å². The fourth-order valence-corrected chi connectivity index (χ4v) is 4.88. The Morgan fingerprint density at radius 2 is 1.45 bits per heavy atom. The number of hydrogen-bond donors (Lipinski definition) is 4. The molecule has 0 heterocycles. The Labute approximate surface area is 260 Å². The second-order valence-corrected chi connectivity index (χ2v) is 12.4. The van der Waals surface area contributed by atoms with E-state index in [1.54, 1.807) is 26.8 Å². The summed E-state index contributed by atoms with van der Waals surface area (Å²) in [6.07, 6.45) is 0.927. The van der Waals surface area contributed by atoms with Crippen molar-refractivity contribution in [2.75, 3.05) is 13.6 Å². The van der Waals surface area contributed by atoms with Crippen molar-refractivity contribution in [3.05, 3.63) is 83.9 Å². The van der Waals surface area contributed by atoms with Crippen LogP contribution in [0.15, 0.2) is 72.8 Å². The third-order valence-corrected chi connectivity index (χ3v) is 7.01. The van der Waals surface area contributed by atoms with Crippen LogP contribution in [0.5, 0.6) is 0 Å². The topological polar surface area (TPSA) is 126 Å². The lowest BCUT2D eigenvalue weighted by Gasteiger charge is -2.29. The molecule has 0 aromatic heterocycles. The third-order valence-electron chi connectivity index (χ3n) is 7.01. The summed E-state index contributed by atoms with van der Waals surface area (Å²) in [6, 6.07) is 20.3. The number of hydrogen-bond acceptors (Lipinski definition) is 6. The Bertz CT molecular complexity index is 1420. The Balaban J connectivity index is 1.74. The number of rotatable bonds is 14. The summed E-state index contributed by atoms with van der Waals surface area (Å²) in [4.78, 5) is 52.6. The van der Waals surface area contributed by atoms with Crippen LogP contribution in [0.2, 0.25) is 0 Å². The first-order valence-electron chi connectivity index (χ1n) is 15.2. The molecule has 0 radical (unpaired) electrons. The van der Waals surface area contributed by atoms with E-state index in [4.69, 9.17) is 4.74 Å². The minimum absolute atomic E-state index is 0.109. The van der Waals surface area contributed by atoms with Crippen molar-refractivity contribution >= 4 is 34.5 Å². The molecule has 3 rings (SSSR count). The fourth-order valence-electron chi connectivity index (χ4n) is 4.88. The van der Waals surface area contributed by atoms with Crippen molar-refractivity contribution in [1.29, 1.82) is 0 Å². The molecule has 0 bridgehead atoms. The van der Waals surface area contributed by atoms with Gasteiger partial charge in [-0.1, -0.05) is 74.5 Å². The number of fused-ring (bicyclic) bond motifs is 1. The number of ether oxygens (including phenoxy) is 1. The van der Waals surface area contributed by atoms with Gasteiger partial charge in [0.05, 0.1) is 6.04 Å². The standard InChI is InChI=1S/C35H46N4O5/c1-23(2)20-29(33(42)39-30(32(41)36-6)21-24-12-8-7-9-13-24)38-28(34(43)44-35(3,4)5)18-19-37-31(40)27-17-16-25-14-10-11-15-26(25)22-27/h7-17,22-23,28-30,38H,18-21H2,1-6H3,(H,36,41)(H,37,40)(H,39,42)/t28-,29+,30+/m1/s1. The van der Waals surface area contributed by atoms with Crippen LogP contribution in [-0.4, -0.2) is 61.0 Å². The zero-order valence-corrected chi connectivity index (χ0v) is 26.6. The number of nitrogens with one attached hydrogen (secondary N) is 4. The largest absolute Gasteiger partial charge is 0.459 e. The van der Waals surface area contributed by atoms with Crippen LogP contribution in [0.1, 0.15) is 63.4 Å². The second-order valence-electron chi connectivity index (χ2n) is 12.4. The number of amides is 3. The molecule has 0 spiro atoms. The van der Waals surface area contributed by atoms with Gasteiger partial charge in [-0.15, -0.1) is 0 Å². The highest BCUT2D eigenvalue weighted by Crippen LogP contribution is 2.16. The third kappa shape index (κ3) is 10.8. The predicted molar refractivity (Wildman–Crippen MR) is 173 cm³/mol. The summed E-state index contributed by atoms with van der Waals surface area (Å²) in [7, 11) is 1.53. The van der Waals surface area contributed by atoms with E-state index in [0.717, 1.165) is 16.3 Å². The van der Waals surface area contributed by atoms with Crippen molar-refractivity contribution in [2.45, 2.75) is 77.6 Å². The van der Waals surface area contributed by atoms with Crippen molar-refractivity contribution < 1.29 is 23.9 Å². The Hall–Kier alpha value is -4.24. The Kier molecular flexibility index (Phi) is 12.5. The van der Waals surface area contributed by atoms with Crippen LogP contribution in [0.4, 0.5) is 0 Å². The van der Waals surface area contributed by atoms with Gasteiger partial charge in [0.15, 0.2) is 0 Å². The van der Waals surface area contributed by atoms with E-state index in [1.165, 1.54) is 7.05 Å². The number of benzene rings is 3. The molecule has 0 aliphatic rings. The lowest BCUT2D eigenvalue weighted by molar-refractivity contribution is -0.158. The van der Waals surface area contributed by atoms with Gasteiger partial charge in [-0.2, -0.15) is 0 Å². The van der Waals surface area contributed by atoms with E-state index < -0.39 is 35.6 Å². The molecular formula is C35H46N4O5. The lowest BCUT2D eigenvalue weighted by Crippen LogP contribution is -2.57. The summed E-state index contributed by atoms with van der Waals surface area (Å²) in [5.41, 5.74) is 0.672. The number of esters is 1. The fraction of sp³-hybridized carbons (Fsp3) is 0.429. The summed E-state index contributed by atoms with van der Waals surface area (Å²) < 4.78 is 5.68. The van der Waals surface area contributed by atoms with Crippen molar-refractivity contribution in [3.63, 3.8) is 0 Å². The average Bonchev–Trinajstić information content (AvgIpc) is 2.98. The Morgan fingerprint density at radius 3 is 2.09 bits per heavy atom. The van der Waals surface area contributed by atoms with Gasteiger partial charge in [0, 0.05) is 25.6 Å². The van der Waals surface area contributed by atoms with E-state index in [-0.39, 0.29) is 30.7 Å². The molecule has 0 saturated heterocycles. The van der Waals surface area contributed by atoms with Crippen molar-refractivity contribution in [2.24, 2.45) is 5.92 Å². The van der Waals surface area contributed by atoms with Gasteiger partial charge in [-0.25, -0.2) is 0 Å². The number of carbonyl (C=O) groups is 4. The van der Waals surface area contributed by atoms with Crippen LogP contribution < -0.4 is 21.3 Å². The number of carbonyl (C=O) groups excluding carboxylic acids is 4. The second kappa shape index (κ2) is 16.0. The van der Waals surface area contributed by atoms with Gasteiger partial charge in [-0.05, 0) is 68.0 Å². The average molecular weight is 603 g/mol. The molecule has 3 aromatic carbocycles. The molecule has 9 nitrogen and oxygen atoms in total. The van der Waals surface area contributed by atoms with Crippen molar-refractivity contribution in [3.8, 4) is 0 Å². The summed E-state index contributed by atoms with van der Waals surface area (Å²) in [6.45, 7) is 9.47. The van der Waals surface area contributed by atoms with Gasteiger partial charge in [0.25, 0.3) is 5.91 Å². The molecule has 0 saturated carbocycles. The minimum atomic E-state index is -0.881. The van der Waals surface area contributed by atoms with Crippen LogP contribution in [0.25, 0.3) is 10.8 Å². The predicted octanol–water partition coefficient (Wildman–Crippen LogP) is 4.15. The maximum absolute atomic E-state index is 13.6. The molecule has 3 atom stereocenters. The highest BCUT2D eigenvalue weighted by Gasteiger charge is 2.32. The van der Waals surface area contributed by atoms with Gasteiger partial charge < -0.3 is 20.7 Å². The molecule has 0 aliphatic heterocycles. The molecule has 0 fully saturated rings.